The minimum Gasteiger partial charge on any atom is -0.345 e. The lowest BCUT2D eigenvalue weighted by Gasteiger charge is -2.12. The zero-order valence-electron chi connectivity index (χ0n) is 11.9. The van der Waals surface area contributed by atoms with Gasteiger partial charge in [-0.15, -0.1) is 11.3 Å². The van der Waals surface area contributed by atoms with Crippen LogP contribution < -0.4 is 5.32 Å². The fourth-order valence-electron chi connectivity index (χ4n) is 1.97. The van der Waals surface area contributed by atoms with Crippen molar-refractivity contribution in [3.8, 4) is 0 Å². The van der Waals surface area contributed by atoms with Crippen LogP contribution in [0.3, 0.4) is 0 Å². The zero-order valence-corrected chi connectivity index (χ0v) is 12.8. The van der Waals surface area contributed by atoms with Crippen LogP contribution in [0.1, 0.15) is 44.3 Å². The third-order valence-electron chi connectivity index (χ3n) is 3.48. The molecule has 0 radical (unpaired) electrons. The van der Waals surface area contributed by atoms with Crippen LogP contribution in [0, 0.1) is 20.8 Å². The van der Waals surface area contributed by atoms with Crippen molar-refractivity contribution in [2.75, 3.05) is 0 Å². The van der Waals surface area contributed by atoms with Crippen molar-refractivity contribution >= 4 is 17.2 Å². The number of hydrogen-bond acceptors (Lipinski definition) is 3. The van der Waals surface area contributed by atoms with Crippen LogP contribution in [-0.4, -0.2) is 15.7 Å². The fourth-order valence-corrected chi connectivity index (χ4v) is 2.91. The zero-order chi connectivity index (χ0) is 14.2. The van der Waals surface area contributed by atoms with Gasteiger partial charge in [0.05, 0.1) is 17.1 Å². The Bertz CT molecular complexity index is 593. The van der Waals surface area contributed by atoms with Crippen molar-refractivity contribution in [1.82, 2.24) is 15.1 Å². The standard InChI is InChI=1S/C14H19N3OS/c1-8-6-13(19-11(8)4)14(18)16-9(2)12-7-15-17(5)10(12)3/h6-7,9H,1-5H3,(H,16,18)/t9-/m0/s1. The summed E-state index contributed by atoms with van der Waals surface area (Å²) in [5.74, 6) is -0.0167. The molecule has 0 aliphatic rings. The Hall–Kier alpha value is -1.62. The molecule has 0 saturated carbocycles. The molecule has 19 heavy (non-hydrogen) atoms. The number of aromatic nitrogens is 2. The van der Waals surface area contributed by atoms with Crippen molar-refractivity contribution in [2.45, 2.75) is 33.7 Å². The normalized spacial score (nSPS) is 12.5. The molecule has 1 atom stereocenters. The number of aryl methyl sites for hydroxylation is 3. The van der Waals surface area contributed by atoms with E-state index >= 15 is 0 Å². The summed E-state index contributed by atoms with van der Waals surface area (Å²) in [6, 6.07) is 1.90. The molecule has 2 heterocycles. The summed E-state index contributed by atoms with van der Waals surface area (Å²) in [6.45, 7) is 8.04. The number of nitrogens with zero attached hydrogens (tertiary/aromatic N) is 2. The number of hydrogen-bond donors (Lipinski definition) is 1. The summed E-state index contributed by atoms with van der Waals surface area (Å²) in [5, 5.41) is 7.23. The first-order valence-electron chi connectivity index (χ1n) is 6.26. The number of amides is 1. The molecule has 0 bridgehead atoms. The van der Waals surface area contributed by atoms with Gasteiger partial charge >= 0.3 is 0 Å². The molecule has 4 nitrogen and oxygen atoms in total. The number of nitrogens with one attached hydrogen (secondary N) is 1. The van der Waals surface area contributed by atoms with Crippen LogP contribution in [0.15, 0.2) is 12.3 Å². The molecule has 0 aliphatic heterocycles. The van der Waals surface area contributed by atoms with Gasteiger partial charge in [0.25, 0.3) is 5.91 Å². The van der Waals surface area contributed by atoms with E-state index in [9.17, 15) is 4.79 Å². The van der Waals surface area contributed by atoms with E-state index in [1.165, 1.54) is 21.8 Å². The van der Waals surface area contributed by atoms with E-state index in [0.717, 1.165) is 16.1 Å². The molecule has 0 fully saturated rings. The molecule has 0 spiro atoms. The van der Waals surface area contributed by atoms with Gasteiger partial charge in [0.1, 0.15) is 0 Å². The summed E-state index contributed by atoms with van der Waals surface area (Å²) in [6.07, 6.45) is 1.81. The molecule has 2 rings (SSSR count). The molecule has 0 saturated heterocycles. The summed E-state index contributed by atoms with van der Waals surface area (Å²) in [7, 11) is 1.90. The Kier molecular flexibility index (Phi) is 3.75. The molecule has 0 aliphatic carbocycles. The number of rotatable bonds is 3. The molecule has 102 valence electrons. The van der Waals surface area contributed by atoms with Gasteiger partial charge in [0, 0.05) is 23.2 Å². The van der Waals surface area contributed by atoms with Gasteiger partial charge in [-0.2, -0.15) is 5.10 Å². The van der Waals surface area contributed by atoms with E-state index in [-0.39, 0.29) is 11.9 Å². The van der Waals surface area contributed by atoms with Gasteiger partial charge in [0.2, 0.25) is 0 Å². The Labute approximate surface area is 117 Å². The van der Waals surface area contributed by atoms with Gasteiger partial charge in [-0.05, 0) is 39.3 Å². The number of thiophene rings is 1. The monoisotopic (exact) mass is 277 g/mol. The third kappa shape index (κ3) is 2.71. The molecule has 1 amide bonds. The van der Waals surface area contributed by atoms with Gasteiger partial charge in [-0.25, -0.2) is 0 Å². The second-order valence-corrected chi connectivity index (χ2v) is 6.11. The maximum absolute atomic E-state index is 12.2. The lowest BCUT2D eigenvalue weighted by Crippen LogP contribution is -2.26. The van der Waals surface area contributed by atoms with E-state index in [1.807, 2.05) is 51.7 Å². The summed E-state index contributed by atoms with van der Waals surface area (Å²) >= 11 is 1.54. The smallest absolute Gasteiger partial charge is 0.261 e. The average Bonchev–Trinajstić information content (AvgIpc) is 2.85. The summed E-state index contributed by atoms with van der Waals surface area (Å²) in [4.78, 5) is 14.1. The highest BCUT2D eigenvalue weighted by atomic mass is 32.1. The minimum atomic E-state index is -0.0380. The van der Waals surface area contributed by atoms with Gasteiger partial charge in [-0.3, -0.25) is 9.48 Å². The molecule has 5 heteroatoms. The van der Waals surface area contributed by atoms with Crippen LogP contribution in [0.4, 0.5) is 0 Å². The van der Waals surface area contributed by atoms with Crippen LogP contribution in [0.5, 0.6) is 0 Å². The quantitative estimate of drug-likeness (QED) is 0.937. The van der Waals surface area contributed by atoms with Crippen molar-refractivity contribution in [3.63, 3.8) is 0 Å². The highest BCUT2D eigenvalue weighted by Crippen LogP contribution is 2.22. The molecule has 1 N–H and O–H groups in total. The van der Waals surface area contributed by atoms with E-state index in [0.29, 0.717) is 0 Å². The van der Waals surface area contributed by atoms with Crippen LogP contribution in [0.2, 0.25) is 0 Å². The molecule has 2 aromatic rings. The highest BCUT2D eigenvalue weighted by Gasteiger charge is 2.17. The van der Waals surface area contributed by atoms with Gasteiger partial charge in [0.15, 0.2) is 0 Å². The second kappa shape index (κ2) is 5.17. The molecule has 0 aromatic carbocycles. The topological polar surface area (TPSA) is 46.9 Å². The second-order valence-electron chi connectivity index (χ2n) is 4.85. The Balaban J connectivity index is 2.13. The van der Waals surface area contributed by atoms with E-state index in [1.54, 1.807) is 0 Å². The molecular weight excluding hydrogens is 258 g/mol. The van der Waals surface area contributed by atoms with Crippen molar-refractivity contribution in [3.05, 3.63) is 38.8 Å². The lowest BCUT2D eigenvalue weighted by molar-refractivity contribution is 0.0944. The molecular formula is C14H19N3OS. The van der Waals surface area contributed by atoms with Crippen molar-refractivity contribution < 1.29 is 4.79 Å². The maximum Gasteiger partial charge on any atom is 0.261 e. The van der Waals surface area contributed by atoms with E-state index in [4.69, 9.17) is 0 Å². The highest BCUT2D eigenvalue weighted by molar-refractivity contribution is 7.14. The van der Waals surface area contributed by atoms with Gasteiger partial charge in [-0.1, -0.05) is 0 Å². The van der Waals surface area contributed by atoms with Crippen LogP contribution in [0.25, 0.3) is 0 Å². The predicted octanol–water partition coefficient (Wildman–Crippen LogP) is 2.90. The first kappa shape index (κ1) is 13.8. The third-order valence-corrected chi connectivity index (χ3v) is 4.63. The van der Waals surface area contributed by atoms with Gasteiger partial charge < -0.3 is 5.32 Å². The largest absolute Gasteiger partial charge is 0.345 e. The van der Waals surface area contributed by atoms with Crippen LogP contribution >= 0.6 is 11.3 Å². The number of carbonyl (C=O) groups excluding carboxylic acids is 1. The maximum atomic E-state index is 12.2. The first-order valence-corrected chi connectivity index (χ1v) is 7.08. The summed E-state index contributed by atoms with van der Waals surface area (Å²) < 4.78 is 1.82. The van der Waals surface area contributed by atoms with Crippen molar-refractivity contribution in [1.29, 1.82) is 0 Å². The summed E-state index contributed by atoms with van der Waals surface area (Å²) in [5.41, 5.74) is 3.30. The van der Waals surface area contributed by atoms with Crippen molar-refractivity contribution in [2.24, 2.45) is 7.05 Å². The number of carbonyl (C=O) groups is 1. The Morgan fingerprint density at radius 2 is 2.11 bits per heavy atom. The fraction of sp³-hybridized carbons (Fsp3) is 0.429. The first-order chi connectivity index (χ1) is 8.90. The molecule has 0 unspecified atom stereocenters. The van der Waals surface area contributed by atoms with E-state index < -0.39 is 0 Å². The van der Waals surface area contributed by atoms with Crippen LogP contribution in [-0.2, 0) is 7.05 Å². The van der Waals surface area contributed by atoms with E-state index in [2.05, 4.69) is 10.4 Å². The predicted molar refractivity (Wildman–Crippen MR) is 77.6 cm³/mol. The molecule has 2 aromatic heterocycles. The minimum absolute atomic E-state index is 0.0167. The Morgan fingerprint density at radius 3 is 2.58 bits per heavy atom. The SMILES string of the molecule is Cc1cc(C(=O)N[C@@H](C)c2cnn(C)c2C)sc1C. The average molecular weight is 277 g/mol. The lowest BCUT2D eigenvalue weighted by atomic mass is 10.1. The Morgan fingerprint density at radius 1 is 1.42 bits per heavy atom.